The molecule has 2 rings (SSSR count). The number of nitrogens with zero attached hydrogens (tertiary/aromatic N) is 3. The van der Waals surface area contributed by atoms with Crippen molar-refractivity contribution in [1.82, 2.24) is 15.3 Å². The summed E-state index contributed by atoms with van der Waals surface area (Å²) in [6, 6.07) is 0.402. The second-order valence-corrected chi connectivity index (χ2v) is 4.44. The van der Waals surface area contributed by atoms with Gasteiger partial charge in [0.2, 0.25) is 0 Å². The Morgan fingerprint density at radius 1 is 1.47 bits per heavy atom. The van der Waals surface area contributed by atoms with Gasteiger partial charge in [0.05, 0.1) is 30.2 Å². The average Bonchev–Trinajstić information content (AvgIpc) is 2.76. The van der Waals surface area contributed by atoms with Gasteiger partial charge in [-0.1, -0.05) is 0 Å². The van der Waals surface area contributed by atoms with E-state index in [2.05, 4.69) is 34.2 Å². The molecule has 0 aromatic carbocycles. The minimum absolute atomic E-state index is 0.263. The van der Waals surface area contributed by atoms with Crippen molar-refractivity contribution in [1.29, 1.82) is 0 Å². The highest BCUT2D eigenvalue weighted by Gasteiger charge is 2.28. The first-order chi connectivity index (χ1) is 8.22. The first kappa shape index (κ1) is 12.3. The molecule has 0 aliphatic carbocycles. The predicted molar refractivity (Wildman–Crippen MR) is 67.0 cm³/mol. The summed E-state index contributed by atoms with van der Waals surface area (Å²) in [7, 11) is 3.96. The van der Waals surface area contributed by atoms with E-state index >= 15 is 0 Å². The maximum atomic E-state index is 5.57. The van der Waals surface area contributed by atoms with Crippen molar-refractivity contribution in [3.8, 4) is 0 Å². The summed E-state index contributed by atoms with van der Waals surface area (Å²) in [6.45, 7) is 3.69. The Labute approximate surface area is 102 Å². The van der Waals surface area contributed by atoms with Crippen molar-refractivity contribution in [3.63, 3.8) is 0 Å². The minimum atomic E-state index is 0.263. The van der Waals surface area contributed by atoms with E-state index in [4.69, 9.17) is 4.74 Å². The Bertz CT molecular complexity index is 354. The van der Waals surface area contributed by atoms with Crippen LogP contribution in [-0.2, 0) is 11.3 Å². The normalized spacial score (nSPS) is 23.9. The molecular formula is C12H20N4O. The molecule has 0 radical (unpaired) electrons. The van der Waals surface area contributed by atoms with Crippen LogP contribution in [0.3, 0.4) is 0 Å². The maximum Gasteiger partial charge on any atom is 0.147 e. The number of hydrogen-bond donors (Lipinski definition) is 1. The van der Waals surface area contributed by atoms with E-state index in [9.17, 15) is 0 Å². The van der Waals surface area contributed by atoms with Crippen molar-refractivity contribution < 1.29 is 4.74 Å². The number of rotatable bonds is 4. The summed E-state index contributed by atoms with van der Waals surface area (Å²) in [6.07, 6.45) is 4.97. The van der Waals surface area contributed by atoms with Gasteiger partial charge in [-0.05, 0) is 20.4 Å². The molecule has 1 aliphatic rings. The van der Waals surface area contributed by atoms with Gasteiger partial charge >= 0.3 is 0 Å². The van der Waals surface area contributed by atoms with Gasteiger partial charge in [-0.2, -0.15) is 0 Å². The quantitative estimate of drug-likeness (QED) is 0.838. The SMILES string of the molecule is CNCc1cnc(N(C)C2CCOC2C)cn1. The average molecular weight is 236 g/mol. The van der Waals surface area contributed by atoms with Crippen LogP contribution < -0.4 is 10.2 Å². The van der Waals surface area contributed by atoms with E-state index in [0.717, 1.165) is 31.1 Å². The topological polar surface area (TPSA) is 50.3 Å². The van der Waals surface area contributed by atoms with Crippen molar-refractivity contribution >= 4 is 5.82 Å². The van der Waals surface area contributed by atoms with Gasteiger partial charge in [0.15, 0.2) is 0 Å². The van der Waals surface area contributed by atoms with Gasteiger partial charge in [0, 0.05) is 20.2 Å². The molecule has 0 spiro atoms. The standard InChI is InChI=1S/C12H20N4O/c1-9-11(4-5-17-9)16(3)12-8-14-10(6-13-2)7-15-12/h7-9,11,13H,4-6H2,1-3H3. The highest BCUT2D eigenvalue weighted by molar-refractivity contribution is 5.36. The number of likely N-dealkylation sites (N-methyl/N-ethyl adjacent to an activating group) is 1. The van der Waals surface area contributed by atoms with Crippen LogP contribution in [0.1, 0.15) is 19.0 Å². The number of nitrogens with one attached hydrogen (secondary N) is 1. The molecule has 1 fully saturated rings. The van der Waals surface area contributed by atoms with Crippen LogP contribution in [-0.4, -0.2) is 42.8 Å². The zero-order valence-electron chi connectivity index (χ0n) is 10.7. The van der Waals surface area contributed by atoms with Gasteiger partial charge in [-0.3, -0.25) is 4.98 Å². The van der Waals surface area contributed by atoms with Gasteiger partial charge in [0.1, 0.15) is 5.82 Å². The lowest BCUT2D eigenvalue weighted by atomic mass is 10.1. The molecule has 5 heteroatoms. The monoisotopic (exact) mass is 236 g/mol. The third-order valence-corrected chi connectivity index (χ3v) is 3.24. The van der Waals surface area contributed by atoms with Gasteiger partial charge in [-0.15, -0.1) is 0 Å². The van der Waals surface area contributed by atoms with Crippen LogP contribution in [0.15, 0.2) is 12.4 Å². The Balaban J connectivity index is 2.05. The summed E-state index contributed by atoms with van der Waals surface area (Å²) in [5.41, 5.74) is 0.959. The van der Waals surface area contributed by atoms with E-state index in [1.807, 2.05) is 19.4 Å². The molecule has 5 nitrogen and oxygen atoms in total. The molecule has 1 N–H and O–H groups in total. The summed E-state index contributed by atoms with van der Waals surface area (Å²) in [5, 5.41) is 3.06. The second kappa shape index (κ2) is 5.42. The highest BCUT2D eigenvalue weighted by atomic mass is 16.5. The first-order valence-corrected chi connectivity index (χ1v) is 6.02. The van der Waals surface area contributed by atoms with Gasteiger partial charge in [0.25, 0.3) is 0 Å². The van der Waals surface area contributed by atoms with E-state index in [1.54, 1.807) is 0 Å². The molecular weight excluding hydrogens is 216 g/mol. The lowest BCUT2D eigenvalue weighted by molar-refractivity contribution is 0.118. The third-order valence-electron chi connectivity index (χ3n) is 3.24. The molecule has 17 heavy (non-hydrogen) atoms. The smallest absolute Gasteiger partial charge is 0.147 e. The van der Waals surface area contributed by atoms with E-state index in [0.29, 0.717) is 6.04 Å². The van der Waals surface area contributed by atoms with Crippen molar-refractivity contribution in [2.45, 2.75) is 32.0 Å². The number of anilines is 1. The molecule has 94 valence electrons. The van der Waals surface area contributed by atoms with Crippen molar-refractivity contribution in [3.05, 3.63) is 18.1 Å². The molecule has 2 unspecified atom stereocenters. The number of ether oxygens (including phenoxy) is 1. The van der Waals surface area contributed by atoms with E-state index < -0.39 is 0 Å². The third kappa shape index (κ3) is 2.73. The fourth-order valence-corrected chi connectivity index (χ4v) is 2.20. The summed E-state index contributed by atoms with van der Waals surface area (Å²) in [4.78, 5) is 11.0. The highest BCUT2D eigenvalue weighted by Crippen LogP contribution is 2.22. The van der Waals surface area contributed by atoms with Crippen LogP contribution >= 0.6 is 0 Å². The first-order valence-electron chi connectivity index (χ1n) is 6.02. The summed E-state index contributed by atoms with van der Waals surface area (Å²) < 4.78 is 5.57. The van der Waals surface area contributed by atoms with Crippen LogP contribution in [0.2, 0.25) is 0 Å². The zero-order valence-corrected chi connectivity index (χ0v) is 10.7. The Morgan fingerprint density at radius 3 is 2.82 bits per heavy atom. The van der Waals surface area contributed by atoms with E-state index in [-0.39, 0.29) is 6.10 Å². The molecule has 0 saturated carbocycles. The predicted octanol–water partition coefficient (Wildman–Crippen LogP) is 0.810. The molecule has 2 heterocycles. The van der Waals surface area contributed by atoms with Crippen molar-refractivity contribution in [2.75, 3.05) is 25.6 Å². The fraction of sp³-hybridized carbons (Fsp3) is 0.667. The molecule has 0 bridgehead atoms. The maximum absolute atomic E-state index is 5.57. The molecule has 1 saturated heterocycles. The molecule has 1 aliphatic heterocycles. The summed E-state index contributed by atoms with van der Waals surface area (Å²) in [5.74, 6) is 0.909. The Hall–Kier alpha value is -1.20. The lowest BCUT2D eigenvalue weighted by Crippen LogP contribution is -2.37. The Kier molecular flexibility index (Phi) is 3.91. The molecule has 1 aromatic heterocycles. The molecule has 1 aromatic rings. The van der Waals surface area contributed by atoms with E-state index in [1.165, 1.54) is 0 Å². The minimum Gasteiger partial charge on any atom is -0.376 e. The second-order valence-electron chi connectivity index (χ2n) is 4.44. The zero-order chi connectivity index (χ0) is 12.3. The van der Waals surface area contributed by atoms with Crippen LogP contribution in [0, 0.1) is 0 Å². The lowest BCUT2D eigenvalue weighted by Gasteiger charge is -2.27. The fourth-order valence-electron chi connectivity index (χ4n) is 2.20. The van der Waals surface area contributed by atoms with Crippen molar-refractivity contribution in [2.24, 2.45) is 0 Å². The van der Waals surface area contributed by atoms with Gasteiger partial charge in [-0.25, -0.2) is 4.98 Å². The van der Waals surface area contributed by atoms with Gasteiger partial charge < -0.3 is 15.0 Å². The molecule has 2 atom stereocenters. The Morgan fingerprint density at radius 2 is 2.29 bits per heavy atom. The van der Waals surface area contributed by atoms with Crippen LogP contribution in [0.5, 0.6) is 0 Å². The van der Waals surface area contributed by atoms with Crippen LogP contribution in [0.4, 0.5) is 5.82 Å². The largest absolute Gasteiger partial charge is 0.376 e. The number of aromatic nitrogens is 2. The van der Waals surface area contributed by atoms with Crippen LogP contribution in [0.25, 0.3) is 0 Å². The number of hydrogen-bond acceptors (Lipinski definition) is 5. The summed E-state index contributed by atoms with van der Waals surface area (Å²) >= 11 is 0. The molecule has 0 amide bonds.